The Morgan fingerprint density at radius 2 is 1.32 bits per heavy atom. The molecule has 1 heteroatoms. The Balaban J connectivity index is 2.78. The van der Waals surface area contributed by atoms with E-state index in [4.69, 9.17) is 0 Å². The lowest BCUT2D eigenvalue weighted by molar-refractivity contribution is 0.681. The number of unbranched alkanes of at least 4 members (excludes halogenated alkanes) is 2. The van der Waals surface area contributed by atoms with Crippen molar-refractivity contribution in [3.05, 3.63) is 30.3 Å². The van der Waals surface area contributed by atoms with E-state index in [-0.39, 0.29) is 7.92 Å². The van der Waals surface area contributed by atoms with E-state index < -0.39 is 0 Å². The van der Waals surface area contributed by atoms with Crippen molar-refractivity contribution in [2.75, 3.05) is 0 Å². The quantitative estimate of drug-likeness (QED) is 0.489. The molecule has 0 aliphatic rings. The zero-order valence-corrected chi connectivity index (χ0v) is 14.1. The Hall–Kier alpha value is -0.350. The zero-order valence-electron chi connectivity index (χ0n) is 13.2. The van der Waals surface area contributed by atoms with Crippen LogP contribution in [0.5, 0.6) is 0 Å². The molecule has 1 aromatic carbocycles. The second kappa shape index (κ2) is 9.54. The van der Waals surface area contributed by atoms with Gasteiger partial charge in [0.2, 0.25) is 0 Å². The monoisotopic (exact) mass is 278 g/mol. The summed E-state index contributed by atoms with van der Waals surface area (Å²) in [7, 11) is -0.00141. The van der Waals surface area contributed by atoms with Crippen molar-refractivity contribution in [2.45, 2.75) is 77.5 Å². The van der Waals surface area contributed by atoms with Gasteiger partial charge in [0.15, 0.2) is 0 Å². The standard InChI is InChI=1S/C18H31P/c1-5-7-12-16(3)19(17(4)13-8-6-2)18-14-10-9-11-15-18/h9-11,14-17H,5-8,12-13H2,1-4H3. The molecule has 0 N–H and O–H groups in total. The summed E-state index contributed by atoms with van der Waals surface area (Å²) in [5.41, 5.74) is 1.73. The molecule has 0 amide bonds. The highest BCUT2D eigenvalue weighted by Crippen LogP contribution is 2.48. The molecule has 0 heterocycles. The van der Waals surface area contributed by atoms with Gasteiger partial charge < -0.3 is 0 Å². The van der Waals surface area contributed by atoms with Gasteiger partial charge in [-0.05, 0) is 29.5 Å². The van der Waals surface area contributed by atoms with Gasteiger partial charge in [0, 0.05) is 0 Å². The molecule has 19 heavy (non-hydrogen) atoms. The summed E-state index contributed by atoms with van der Waals surface area (Å²) >= 11 is 0. The first-order chi connectivity index (χ1) is 9.20. The van der Waals surface area contributed by atoms with Crippen molar-refractivity contribution in [1.29, 1.82) is 0 Å². The van der Waals surface area contributed by atoms with Crippen LogP contribution in [0, 0.1) is 0 Å². The molecule has 1 rings (SSSR count). The summed E-state index contributed by atoms with van der Waals surface area (Å²) in [5, 5.41) is 1.62. The summed E-state index contributed by atoms with van der Waals surface area (Å²) in [6, 6.07) is 11.3. The fourth-order valence-corrected chi connectivity index (χ4v) is 6.15. The highest BCUT2D eigenvalue weighted by Gasteiger charge is 2.23. The van der Waals surface area contributed by atoms with Crippen LogP contribution in [0.15, 0.2) is 30.3 Å². The summed E-state index contributed by atoms with van der Waals surface area (Å²) in [4.78, 5) is 0. The van der Waals surface area contributed by atoms with E-state index in [9.17, 15) is 0 Å². The Labute approximate surface area is 121 Å². The molecule has 0 nitrogen and oxygen atoms in total. The van der Waals surface area contributed by atoms with Gasteiger partial charge in [-0.2, -0.15) is 0 Å². The molecule has 2 unspecified atom stereocenters. The van der Waals surface area contributed by atoms with E-state index in [0.717, 1.165) is 11.3 Å². The van der Waals surface area contributed by atoms with E-state index in [0.29, 0.717) is 0 Å². The molecule has 0 spiro atoms. The van der Waals surface area contributed by atoms with Crippen molar-refractivity contribution < 1.29 is 0 Å². The molecule has 0 saturated heterocycles. The van der Waals surface area contributed by atoms with Crippen molar-refractivity contribution in [2.24, 2.45) is 0 Å². The minimum atomic E-state index is -0.00141. The summed E-state index contributed by atoms with van der Waals surface area (Å²) in [5.74, 6) is 0. The molecular formula is C18H31P. The van der Waals surface area contributed by atoms with Gasteiger partial charge in [-0.3, -0.25) is 0 Å². The van der Waals surface area contributed by atoms with Crippen LogP contribution in [0.2, 0.25) is 0 Å². The Morgan fingerprint density at radius 3 is 1.74 bits per heavy atom. The number of rotatable bonds is 9. The first-order valence-electron chi connectivity index (χ1n) is 8.04. The maximum Gasteiger partial charge on any atom is -0.0195 e. The minimum absolute atomic E-state index is 0.00141. The van der Waals surface area contributed by atoms with Crippen molar-refractivity contribution in [3.8, 4) is 0 Å². The van der Waals surface area contributed by atoms with Gasteiger partial charge in [-0.15, -0.1) is 0 Å². The highest BCUT2D eigenvalue weighted by atomic mass is 31.1. The number of hydrogen-bond acceptors (Lipinski definition) is 0. The topological polar surface area (TPSA) is 0 Å². The molecule has 0 radical (unpaired) electrons. The van der Waals surface area contributed by atoms with E-state index >= 15 is 0 Å². The third kappa shape index (κ3) is 5.65. The maximum atomic E-state index is 2.48. The van der Waals surface area contributed by atoms with E-state index in [1.807, 2.05) is 0 Å². The summed E-state index contributed by atoms with van der Waals surface area (Å²) in [6.45, 7) is 9.57. The number of hydrogen-bond donors (Lipinski definition) is 0. The largest absolute Gasteiger partial charge is 0.0695 e. The van der Waals surface area contributed by atoms with Gasteiger partial charge in [0.25, 0.3) is 0 Å². The van der Waals surface area contributed by atoms with Crippen molar-refractivity contribution in [3.63, 3.8) is 0 Å². The van der Waals surface area contributed by atoms with Crippen LogP contribution in [0.25, 0.3) is 0 Å². The molecule has 0 aromatic heterocycles. The van der Waals surface area contributed by atoms with Crippen LogP contribution < -0.4 is 5.30 Å². The molecule has 0 bridgehead atoms. The molecule has 1 aromatic rings. The normalized spacial score (nSPS) is 16.0. The second-order valence-electron chi connectivity index (χ2n) is 5.73. The molecule has 0 aliphatic heterocycles. The fourth-order valence-electron chi connectivity index (χ4n) is 2.82. The summed E-state index contributed by atoms with van der Waals surface area (Å²) in [6.07, 6.45) is 8.21. The second-order valence-corrected chi connectivity index (χ2v) is 8.82. The van der Waals surface area contributed by atoms with Crippen LogP contribution in [0.3, 0.4) is 0 Å². The summed E-state index contributed by atoms with van der Waals surface area (Å²) < 4.78 is 0. The number of benzene rings is 1. The lowest BCUT2D eigenvalue weighted by Crippen LogP contribution is -2.19. The van der Waals surface area contributed by atoms with Gasteiger partial charge >= 0.3 is 0 Å². The smallest absolute Gasteiger partial charge is 0.0195 e. The average molecular weight is 278 g/mol. The van der Waals surface area contributed by atoms with Gasteiger partial charge in [0.05, 0.1) is 0 Å². The molecule has 0 fully saturated rings. The van der Waals surface area contributed by atoms with Gasteiger partial charge in [-0.25, -0.2) is 0 Å². The van der Waals surface area contributed by atoms with Gasteiger partial charge in [0.1, 0.15) is 0 Å². The SMILES string of the molecule is CCCCC(C)P(c1ccccc1)C(C)CCCC. The Kier molecular flexibility index (Phi) is 8.38. The first kappa shape index (κ1) is 16.7. The van der Waals surface area contributed by atoms with Crippen LogP contribution in [-0.2, 0) is 0 Å². The van der Waals surface area contributed by atoms with E-state index in [1.54, 1.807) is 5.30 Å². The predicted octanol–water partition coefficient (Wildman–Crippen LogP) is 5.95. The predicted molar refractivity (Wildman–Crippen MR) is 91.0 cm³/mol. The van der Waals surface area contributed by atoms with Crippen molar-refractivity contribution in [1.82, 2.24) is 0 Å². The first-order valence-corrected chi connectivity index (χ1v) is 9.52. The molecule has 0 aliphatic carbocycles. The average Bonchev–Trinajstić information content (AvgIpc) is 2.44. The molecule has 108 valence electrons. The minimum Gasteiger partial charge on any atom is -0.0695 e. The van der Waals surface area contributed by atoms with Crippen LogP contribution in [0.1, 0.15) is 66.2 Å². The molecule has 0 saturated carbocycles. The van der Waals surface area contributed by atoms with Crippen LogP contribution >= 0.6 is 7.92 Å². The Morgan fingerprint density at radius 1 is 0.842 bits per heavy atom. The van der Waals surface area contributed by atoms with E-state index in [1.165, 1.54) is 38.5 Å². The molecular weight excluding hydrogens is 247 g/mol. The molecule has 2 atom stereocenters. The zero-order chi connectivity index (χ0) is 14.1. The third-order valence-electron chi connectivity index (χ3n) is 3.95. The fraction of sp³-hybridized carbons (Fsp3) is 0.667. The maximum absolute atomic E-state index is 2.48. The van der Waals surface area contributed by atoms with E-state index in [2.05, 4.69) is 58.0 Å². The third-order valence-corrected chi connectivity index (χ3v) is 7.27. The van der Waals surface area contributed by atoms with Crippen LogP contribution in [-0.4, -0.2) is 11.3 Å². The lowest BCUT2D eigenvalue weighted by atomic mass is 10.2. The lowest BCUT2D eigenvalue weighted by Gasteiger charge is -2.31. The highest BCUT2D eigenvalue weighted by molar-refractivity contribution is 7.66. The van der Waals surface area contributed by atoms with Gasteiger partial charge in [-0.1, -0.05) is 91.6 Å². The van der Waals surface area contributed by atoms with Crippen LogP contribution in [0.4, 0.5) is 0 Å². The van der Waals surface area contributed by atoms with Crippen molar-refractivity contribution >= 4 is 13.2 Å². The Bertz CT molecular complexity index is 306.